The Morgan fingerprint density at radius 2 is 1.25 bits per heavy atom. The standard InChI is InChI=1S/C16H19O3P/c1-4-19-20(15-11-7-5-9-13(15)17-2)16-12-8-6-10-14(16)18-3/h5-12H,4H2,1-3H3. The molecule has 0 amide bonds. The minimum atomic E-state index is -0.954. The number of para-hydroxylation sites is 2. The lowest BCUT2D eigenvalue weighted by Gasteiger charge is -2.21. The molecular weight excluding hydrogens is 271 g/mol. The Morgan fingerprint density at radius 1 is 0.800 bits per heavy atom. The molecule has 0 N–H and O–H groups in total. The van der Waals surface area contributed by atoms with E-state index >= 15 is 0 Å². The van der Waals surface area contributed by atoms with Crippen LogP contribution in [0.25, 0.3) is 0 Å². The van der Waals surface area contributed by atoms with Crippen LogP contribution in [0.3, 0.4) is 0 Å². The van der Waals surface area contributed by atoms with Crippen LogP contribution >= 0.6 is 8.15 Å². The Morgan fingerprint density at radius 3 is 1.65 bits per heavy atom. The summed E-state index contributed by atoms with van der Waals surface area (Å²) in [5.74, 6) is 1.69. The first kappa shape index (κ1) is 14.8. The van der Waals surface area contributed by atoms with Gasteiger partial charge in [-0.3, -0.25) is 0 Å². The van der Waals surface area contributed by atoms with Crippen molar-refractivity contribution >= 4 is 18.8 Å². The third-order valence-electron chi connectivity index (χ3n) is 2.87. The van der Waals surface area contributed by atoms with E-state index in [0.717, 1.165) is 22.1 Å². The normalized spacial score (nSPS) is 10.6. The predicted molar refractivity (Wildman–Crippen MR) is 83.8 cm³/mol. The molecule has 4 heteroatoms. The molecule has 20 heavy (non-hydrogen) atoms. The van der Waals surface area contributed by atoms with Gasteiger partial charge >= 0.3 is 0 Å². The van der Waals surface area contributed by atoms with E-state index in [1.54, 1.807) is 14.2 Å². The maximum Gasteiger partial charge on any atom is 0.129 e. The zero-order valence-electron chi connectivity index (χ0n) is 12.0. The second-order valence-electron chi connectivity index (χ2n) is 4.06. The van der Waals surface area contributed by atoms with Crippen molar-refractivity contribution in [1.82, 2.24) is 0 Å². The quantitative estimate of drug-likeness (QED) is 0.765. The SMILES string of the molecule is CCOP(c1ccccc1OC)c1ccccc1OC. The summed E-state index contributed by atoms with van der Waals surface area (Å²) in [5.41, 5.74) is 0. The first-order chi connectivity index (χ1) is 9.81. The van der Waals surface area contributed by atoms with E-state index in [-0.39, 0.29) is 0 Å². The van der Waals surface area contributed by atoms with Crippen molar-refractivity contribution in [2.75, 3.05) is 20.8 Å². The lowest BCUT2D eigenvalue weighted by Crippen LogP contribution is -2.17. The summed E-state index contributed by atoms with van der Waals surface area (Å²) < 4.78 is 16.9. The second-order valence-corrected chi connectivity index (χ2v) is 5.87. The molecule has 0 aliphatic heterocycles. The Labute approximate surface area is 121 Å². The smallest absolute Gasteiger partial charge is 0.129 e. The lowest BCUT2D eigenvalue weighted by atomic mass is 10.3. The number of hydrogen-bond acceptors (Lipinski definition) is 3. The van der Waals surface area contributed by atoms with Crippen molar-refractivity contribution in [3.63, 3.8) is 0 Å². The van der Waals surface area contributed by atoms with Gasteiger partial charge in [0.25, 0.3) is 0 Å². The van der Waals surface area contributed by atoms with Crippen LogP contribution < -0.4 is 20.1 Å². The van der Waals surface area contributed by atoms with Crippen molar-refractivity contribution in [1.29, 1.82) is 0 Å². The number of ether oxygens (including phenoxy) is 2. The number of hydrogen-bond donors (Lipinski definition) is 0. The summed E-state index contributed by atoms with van der Waals surface area (Å²) >= 11 is 0. The fraction of sp³-hybridized carbons (Fsp3) is 0.250. The molecule has 0 bridgehead atoms. The summed E-state index contributed by atoms with van der Waals surface area (Å²) in [6, 6.07) is 15.9. The average molecular weight is 290 g/mol. The molecule has 0 fully saturated rings. The van der Waals surface area contributed by atoms with Crippen LogP contribution in [0.1, 0.15) is 6.92 Å². The van der Waals surface area contributed by atoms with Gasteiger partial charge in [-0.25, -0.2) is 0 Å². The molecular formula is C16H19O3P. The summed E-state index contributed by atoms with van der Waals surface area (Å²) in [6.45, 7) is 2.64. The van der Waals surface area contributed by atoms with Crippen molar-refractivity contribution in [2.24, 2.45) is 0 Å². The Hall–Kier alpha value is -1.57. The molecule has 0 radical (unpaired) electrons. The first-order valence-electron chi connectivity index (χ1n) is 6.51. The van der Waals surface area contributed by atoms with Gasteiger partial charge in [-0.05, 0) is 31.2 Å². The van der Waals surface area contributed by atoms with Crippen LogP contribution in [0.2, 0.25) is 0 Å². The Balaban J connectivity index is 2.50. The summed E-state index contributed by atoms with van der Waals surface area (Å²) in [5, 5.41) is 2.13. The van der Waals surface area contributed by atoms with Gasteiger partial charge in [0.05, 0.1) is 22.4 Å². The van der Waals surface area contributed by atoms with Crippen LogP contribution in [0.15, 0.2) is 48.5 Å². The van der Waals surface area contributed by atoms with E-state index in [1.807, 2.05) is 55.5 Å². The molecule has 0 heterocycles. The monoisotopic (exact) mass is 290 g/mol. The zero-order chi connectivity index (χ0) is 14.4. The summed E-state index contributed by atoms with van der Waals surface area (Å²) in [6.07, 6.45) is 0. The van der Waals surface area contributed by atoms with Crippen LogP contribution in [0, 0.1) is 0 Å². The van der Waals surface area contributed by atoms with E-state index < -0.39 is 8.15 Å². The van der Waals surface area contributed by atoms with E-state index in [1.165, 1.54) is 0 Å². The molecule has 0 saturated heterocycles. The molecule has 0 atom stereocenters. The maximum absolute atomic E-state index is 6.00. The van der Waals surface area contributed by atoms with Crippen molar-refractivity contribution in [3.8, 4) is 11.5 Å². The van der Waals surface area contributed by atoms with Crippen molar-refractivity contribution in [3.05, 3.63) is 48.5 Å². The van der Waals surface area contributed by atoms with E-state index in [2.05, 4.69) is 0 Å². The van der Waals surface area contributed by atoms with Crippen LogP contribution in [-0.4, -0.2) is 20.8 Å². The number of rotatable bonds is 6. The van der Waals surface area contributed by atoms with Crippen LogP contribution in [0.5, 0.6) is 11.5 Å². The van der Waals surface area contributed by atoms with Crippen LogP contribution in [0.4, 0.5) is 0 Å². The molecule has 2 rings (SSSR count). The first-order valence-corrected chi connectivity index (χ1v) is 7.76. The molecule has 106 valence electrons. The molecule has 2 aromatic carbocycles. The molecule has 0 unspecified atom stereocenters. The highest BCUT2D eigenvalue weighted by Crippen LogP contribution is 2.40. The van der Waals surface area contributed by atoms with Crippen molar-refractivity contribution in [2.45, 2.75) is 6.92 Å². The fourth-order valence-electron chi connectivity index (χ4n) is 1.99. The third kappa shape index (κ3) is 3.12. The highest BCUT2D eigenvalue weighted by atomic mass is 31.1. The third-order valence-corrected chi connectivity index (χ3v) is 5.00. The molecule has 0 aromatic heterocycles. The molecule has 0 spiro atoms. The highest BCUT2D eigenvalue weighted by molar-refractivity contribution is 7.69. The fourth-order valence-corrected chi connectivity index (χ4v) is 3.96. The number of benzene rings is 2. The largest absolute Gasteiger partial charge is 0.496 e. The minimum Gasteiger partial charge on any atom is -0.496 e. The average Bonchev–Trinajstić information content (AvgIpc) is 2.52. The molecule has 2 aromatic rings. The maximum atomic E-state index is 6.00. The van der Waals surface area contributed by atoms with E-state index in [0.29, 0.717) is 6.61 Å². The van der Waals surface area contributed by atoms with Gasteiger partial charge < -0.3 is 14.0 Å². The molecule has 3 nitrogen and oxygen atoms in total. The minimum absolute atomic E-state index is 0.641. The van der Waals surface area contributed by atoms with Gasteiger partial charge in [-0.2, -0.15) is 0 Å². The van der Waals surface area contributed by atoms with Crippen molar-refractivity contribution < 1.29 is 14.0 Å². The second kappa shape index (κ2) is 7.28. The van der Waals surface area contributed by atoms with Gasteiger partial charge in [0, 0.05) is 17.2 Å². The topological polar surface area (TPSA) is 27.7 Å². The van der Waals surface area contributed by atoms with Gasteiger partial charge in [0.15, 0.2) is 0 Å². The molecule has 0 aliphatic rings. The lowest BCUT2D eigenvalue weighted by molar-refractivity contribution is 0.382. The Bertz CT molecular complexity index is 509. The van der Waals surface area contributed by atoms with Gasteiger partial charge in [-0.1, -0.05) is 24.3 Å². The van der Waals surface area contributed by atoms with E-state index in [4.69, 9.17) is 14.0 Å². The Kier molecular flexibility index (Phi) is 5.40. The zero-order valence-corrected chi connectivity index (χ0v) is 12.9. The van der Waals surface area contributed by atoms with E-state index in [9.17, 15) is 0 Å². The molecule has 0 saturated carbocycles. The number of methoxy groups -OCH3 is 2. The highest BCUT2D eigenvalue weighted by Gasteiger charge is 2.21. The van der Waals surface area contributed by atoms with Gasteiger partial charge in [0.1, 0.15) is 11.5 Å². The van der Waals surface area contributed by atoms with Gasteiger partial charge in [-0.15, -0.1) is 0 Å². The van der Waals surface area contributed by atoms with Gasteiger partial charge in [0.2, 0.25) is 0 Å². The predicted octanol–water partition coefficient (Wildman–Crippen LogP) is 3.09. The molecule has 0 aliphatic carbocycles. The summed E-state index contributed by atoms with van der Waals surface area (Å²) in [7, 11) is 2.41. The van der Waals surface area contributed by atoms with Crippen LogP contribution in [-0.2, 0) is 4.52 Å². The summed E-state index contributed by atoms with van der Waals surface area (Å²) in [4.78, 5) is 0.